The van der Waals surface area contributed by atoms with Crippen molar-refractivity contribution in [2.45, 2.75) is 45.2 Å². The summed E-state index contributed by atoms with van der Waals surface area (Å²) in [5.41, 5.74) is 7.48. The van der Waals surface area contributed by atoms with Gasteiger partial charge in [0.15, 0.2) is 0 Å². The highest BCUT2D eigenvalue weighted by Crippen LogP contribution is 2.32. The summed E-state index contributed by atoms with van der Waals surface area (Å²) >= 11 is 6.12. The first-order valence-electron chi connectivity index (χ1n) is 7.37. The van der Waals surface area contributed by atoms with Crippen molar-refractivity contribution in [1.29, 1.82) is 0 Å². The fourth-order valence-electron chi connectivity index (χ4n) is 3.30. The van der Waals surface area contributed by atoms with Crippen molar-refractivity contribution in [1.82, 2.24) is 4.90 Å². The maximum Gasteiger partial charge on any atom is 0.0497 e. The first-order valence-corrected chi connectivity index (χ1v) is 7.74. The molecule has 3 unspecified atom stereocenters. The molecule has 106 valence electrons. The van der Waals surface area contributed by atoms with Crippen LogP contribution in [0.5, 0.6) is 0 Å². The topological polar surface area (TPSA) is 29.3 Å². The van der Waals surface area contributed by atoms with E-state index < -0.39 is 0 Å². The van der Waals surface area contributed by atoms with Crippen LogP contribution in [0.1, 0.15) is 44.7 Å². The van der Waals surface area contributed by atoms with Gasteiger partial charge in [0.1, 0.15) is 0 Å². The Labute approximate surface area is 121 Å². The predicted molar refractivity (Wildman–Crippen MR) is 82.4 cm³/mol. The van der Waals surface area contributed by atoms with E-state index in [1.54, 1.807) is 0 Å². The second-order valence-electron chi connectivity index (χ2n) is 5.80. The molecule has 2 nitrogen and oxygen atoms in total. The van der Waals surface area contributed by atoms with Gasteiger partial charge >= 0.3 is 0 Å². The van der Waals surface area contributed by atoms with Crippen LogP contribution in [0.4, 0.5) is 0 Å². The highest BCUT2D eigenvalue weighted by Gasteiger charge is 2.30. The van der Waals surface area contributed by atoms with Gasteiger partial charge in [0.05, 0.1) is 0 Å². The SMILES string of the molecule is CCCC1CCN(C(c2cccc(Cl)c2)C(C)N)C1. The summed E-state index contributed by atoms with van der Waals surface area (Å²) < 4.78 is 0. The minimum Gasteiger partial charge on any atom is -0.326 e. The van der Waals surface area contributed by atoms with Crippen molar-refractivity contribution in [3.05, 3.63) is 34.9 Å². The van der Waals surface area contributed by atoms with Crippen LogP contribution in [-0.4, -0.2) is 24.0 Å². The summed E-state index contributed by atoms with van der Waals surface area (Å²) in [4.78, 5) is 2.54. The van der Waals surface area contributed by atoms with E-state index in [0.717, 1.165) is 17.5 Å². The van der Waals surface area contributed by atoms with E-state index in [2.05, 4.69) is 30.9 Å². The summed E-state index contributed by atoms with van der Waals surface area (Å²) in [6, 6.07) is 8.56. The first kappa shape index (κ1) is 14.8. The standard InChI is InChI=1S/C16H25ClN2/c1-3-5-13-8-9-19(11-13)16(12(2)18)14-6-4-7-15(17)10-14/h4,6-7,10,12-13,16H,3,5,8-9,11,18H2,1-2H3. The lowest BCUT2D eigenvalue weighted by Crippen LogP contribution is -2.38. The zero-order chi connectivity index (χ0) is 13.8. The summed E-state index contributed by atoms with van der Waals surface area (Å²) in [6.45, 7) is 6.69. The van der Waals surface area contributed by atoms with E-state index >= 15 is 0 Å². The zero-order valence-corrected chi connectivity index (χ0v) is 12.7. The molecule has 0 aromatic heterocycles. The summed E-state index contributed by atoms with van der Waals surface area (Å²) in [6.07, 6.45) is 3.91. The largest absolute Gasteiger partial charge is 0.326 e. The molecule has 1 aliphatic heterocycles. The average Bonchev–Trinajstić information content (AvgIpc) is 2.78. The van der Waals surface area contributed by atoms with Crippen molar-refractivity contribution >= 4 is 11.6 Å². The van der Waals surface area contributed by atoms with Gasteiger partial charge in [0.2, 0.25) is 0 Å². The van der Waals surface area contributed by atoms with Gasteiger partial charge < -0.3 is 5.73 Å². The molecule has 1 saturated heterocycles. The van der Waals surface area contributed by atoms with Gasteiger partial charge in [-0.15, -0.1) is 0 Å². The highest BCUT2D eigenvalue weighted by molar-refractivity contribution is 6.30. The van der Waals surface area contributed by atoms with Gasteiger partial charge in [-0.1, -0.05) is 37.1 Å². The molecule has 0 amide bonds. The van der Waals surface area contributed by atoms with Crippen molar-refractivity contribution in [3.8, 4) is 0 Å². The number of benzene rings is 1. The van der Waals surface area contributed by atoms with E-state index in [1.807, 2.05) is 12.1 Å². The van der Waals surface area contributed by atoms with Gasteiger partial charge in [-0.2, -0.15) is 0 Å². The Hall–Kier alpha value is -0.570. The van der Waals surface area contributed by atoms with Crippen LogP contribution in [0.2, 0.25) is 5.02 Å². The summed E-state index contributed by atoms with van der Waals surface area (Å²) in [7, 11) is 0. The molecular weight excluding hydrogens is 256 g/mol. The van der Waals surface area contributed by atoms with Crippen LogP contribution in [0.3, 0.4) is 0 Å². The molecule has 1 aromatic rings. The Kier molecular flexibility index (Phi) is 5.26. The predicted octanol–water partition coefficient (Wildman–Crippen LogP) is 3.85. The average molecular weight is 281 g/mol. The Morgan fingerprint density at radius 3 is 2.89 bits per heavy atom. The molecule has 1 aromatic carbocycles. The number of halogens is 1. The Balaban J connectivity index is 2.13. The monoisotopic (exact) mass is 280 g/mol. The number of nitrogens with two attached hydrogens (primary N) is 1. The molecule has 19 heavy (non-hydrogen) atoms. The molecule has 1 heterocycles. The number of nitrogens with zero attached hydrogens (tertiary/aromatic N) is 1. The minimum atomic E-state index is 0.124. The van der Waals surface area contributed by atoms with Crippen molar-refractivity contribution < 1.29 is 0 Å². The lowest BCUT2D eigenvalue weighted by atomic mass is 9.99. The van der Waals surface area contributed by atoms with Gasteiger partial charge in [-0.3, -0.25) is 4.90 Å². The smallest absolute Gasteiger partial charge is 0.0497 e. The normalized spacial score (nSPS) is 23.5. The number of hydrogen-bond acceptors (Lipinski definition) is 2. The van der Waals surface area contributed by atoms with Crippen LogP contribution in [0, 0.1) is 5.92 Å². The van der Waals surface area contributed by atoms with Crippen LogP contribution >= 0.6 is 11.6 Å². The van der Waals surface area contributed by atoms with Crippen LogP contribution in [0.15, 0.2) is 24.3 Å². The quantitative estimate of drug-likeness (QED) is 0.888. The number of hydrogen-bond donors (Lipinski definition) is 1. The Bertz CT molecular complexity index is 405. The van der Waals surface area contributed by atoms with E-state index in [1.165, 1.54) is 31.4 Å². The number of likely N-dealkylation sites (tertiary alicyclic amines) is 1. The van der Waals surface area contributed by atoms with E-state index in [-0.39, 0.29) is 6.04 Å². The lowest BCUT2D eigenvalue weighted by molar-refractivity contribution is 0.210. The first-order chi connectivity index (χ1) is 9.11. The molecule has 1 aliphatic rings. The van der Waals surface area contributed by atoms with Gasteiger partial charge in [-0.25, -0.2) is 0 Å². The Morgan fingerprint density at radius 2 is 2.26 bits per heavy atom. The second-order valence-corrected chi connectivity index (χ2v) is 6.23. The van der Waals surface area contributed by atoms with E-state index in [0.29, 0.717) is 6.04 Å². The molecule has 0 radical (unpaired) electrons. The van der Waals surface area contributed by atoms with Crippen molar-refractivity contribution in [2.24, 2.45) is 11.7 Å². The van der Waals surface area contributed by atoms with Crippen LogP contribution in [0.25, 0.3) is 0 Å². The molecule has 0 aliphatic carbocycles. The zero-order valence-electron chi connectivity index (χ0n) is 12.0. The fraction of sp³-hybridized carbons (Fsp3) is 0.625. The minimum absolute atomic E-state index is 0.124. The molecule has 0 spiro atoms. The van der Waals surface area contributed by atoms with E-state index in [9.17, 15) is 0 Å². The Morgan fingerprint density at radius 1 is 1.47 bits per heavy atom. The molecule has 2 rings (SSSR count). The van der Waals surface area contributed by atoms with Gasteiger partial charge in [-0.05, 0) is 49.9 Å². The lowest BCUT2D eigenvalue weighted by Gasteiger charge is -2.31. The molecule has 3 heteroatoms. The maximum atomic E-state index is 6.23. The third-order valence-corrected chi connectivity index (χ3v) is 4.33. The molecular formula is C16H25ClN2. The summed E-state index contributed by atoms with van der Waals surface area (Å²) in [5.74, 6) is 0.838. The molecule has 1 fully saturated rings. The summed E-state index contributed by atoms with van der Waals surface area (Å²) in [5, 5.41) is 0.799. The maximum absolute atomic E-state index is 6.23. The molecule has 0 bridgehead atoms. The third kappa shape index (κ3) is 3.71. The highest BCUT2D eigenvalue weighted by atomic mass is 35.5. The van der Waals surface area contributed by atoms with Crippen molar-refractivity contribution in [3.63, 3.8) is 0 Å². The molecule has 0 saturated carbocycles. The van der Waals surface area contributed by atoms with Crippen LogP contribution in [-0.2, 0) is 0 Å². The number of rotatable bonds is 5. The molecule has 3 atom stereocenters. The second kappa shape index (κ2) is 6.74. The van der Waals surface area contributed by atoms with Gasteiger partial charge in [0, 0.05) is 23.7 Å². The fourth-order valence-corrected chi connectivity index (χ4v) is 3.50. The van der Waals surface area contributed by atoms with Crippen LogP contribution < -0.4 is 5.73 Å². The van der Waals surface area contributed by atoms with E-state index in [4.69, 9.17) is 17.3 Å². The van der Waals surface area contributed by atoms with Crippen molar-refractivity contribution in [2.75, 3.05) is 13.1 Å². The third-order valence-electron chi connectivity index (χ3n) is 4.10. The molecule has 2 N–H and O–H groups in total. The van der Waals surface area contributed by atoms with Gasteiger partial charge in [0.25, 0.3) is 0 Å².